The zero-order valence-corrected chi connectivity index (χ0v) is 8.61. The number of aromatic hydroxyl groups is 2. The number of alkyl halides is 1. The van der Waals surface area contributed by atoms with Crippen molar-refractivity contribution in [3.05, 3.63) is 36.4 Å². The molecule has 82 valence electrons. The van der Waals surface area contributed by atoms with Crippen molar-refractivity contribution in [2.75, 3.05) is 5.88 Å². The van der Waals surface area contributed by atoms with Crippen LogP contribution in [-0.4, -0.2) is 27.2 Å². The molecule has 0 fully saturated rings. The summed E-state index contributed by atoms with van der Waals surface area (Å²) < 4.78 is 0. The highest BCUT2D eigenvalue weighted by atomic mass is 35.5. The smallest absolute Gasteiger partial charge is 0.339 e. The van der Waals surface area contributed by atoms with E-state index in [9.17, 15) is 4.79 Å². The summed E-state index contributed by atoms with van der Waals surface area (Å²) in [5.74, 6) is -1.73. The quantitative estimate of drug-likeness (QED) is 0.414. The maximum Gasteiger partial charge on any atom is 0.339 e. The van der Waals surface area contributed by atoms with Gasteiger partial charge in [-0.25, -0.2) is 4.79 Å². The molecule has 0 atom stereocenters. The molecule has 15 heavy (non-hydrogen) atoms. The predicted octanol–water partition coefficient (Wildman–Crippen LogP) is 2.21. The molecule has 0 aliphatic rings. The fourth-order valence-electron chi connectivity index (χ4n) is 0.704. The third kappa shape index (κ3) is 4.37. The maximum absolute atomic E-state index is 10.3. The number of halogens is 1. The molecule has 1 aromatic rings. The fourth-order valence-corrected chi connectivity index (χ4v) is 0.704. The number of carboxylic acid groups (broad SMARTS) is 1. The Morgan fingerprint density at radius 1 is 1.47 bits per heavy atom. The summed E-state index contributed by atoms with van der Waals surface area (Å²) in [4.78, 5) is 10.3. The largest absolute Gasteiger partial charge is 0.504 e. The first-order valence-corrected chi connectivity index (χ1v) is 4.49. The Morgan fingerprint density at radius 3 is 2.33 bits per heavy atom. The molecule has 0 unspecified atom stereocenters. The van der Waals surface area contributed by atoms with Gasteiger partial charge in [-0.2, -0.15) is 0 Å². The van der Waals surface area contributed by atoms with Gasteiger partial charge in [0, 0.05) is 5.88 Å². The molecule has 1 rings (SSSR count). The monoisotopic (exact) mass is 230 g/mol. The van der Waals surface area contributed by atoms with Crippen LogP contribution in [0.1, 0.15) is 10.4 Å². The summed E-state index contributed by atoms with van der Waals surface area (Å²) in [5.41, 5.74) is -0.301. The number of benzene rings is 1. The van der Waals surface area contributed by atoms with Gasteiger partial charge in [0.05, 0.1) is 0 Å². The van der Waals surface area contributed by atoms with Crippen LogP contribution in [0, 0.1) is 0 Å². The van der Waals surface area contributed by atoms with Crippen molar-refractivity contribution in [3.63, 3.8) is 0 Å². The molecule has 0 aliphatic carbocycles. The normalized spacial score (nSPS) is 8.60. The molecule has 0 saturated carbocycles. The average molecular weight is 231 g/mol. The Kier molecular flexibility index (Phi) is 5.97. The Hall–Kier alpha value is -1.68. The Bertz CT molecular complexity index is 349. The van der Waals surface area contributed by atoms with Gasteiger partial charge in [-0.1, -0.05) is 12.1 Å². The minimum absolute atomic E-state index is 0.301. The maximum atomic E-state index is 10.3. The van der Waals surface area contributed by atoms with Crippen molar-refractivity contribution in [1.82, 2.24) is 0 Å². The van der Waals surface area contributed by atoms with Crippen LogP contribution in [0.5, 0.6) is 11.5 Å². The van der Waals surface area contributed by atoms with Crippen LogP contribution in [0.25, 0.3) is 0 Å². The molecule has 0 aromatic heterocycles. The second-order valence-electron chi connectivity index (χ2n) is 2.42. The number of hydrogen-bond donors (Lipinski definition) is 3. The second-order valence-corrected chi connectivity index (χ2v) is 2.73. The third-order valence-corrected chi connectivity index (χ3v) is 1.57. The highest BCUT2D eigenvalue weighted by molar-refractivity contribution is 6.18. The van der Waals surface area contributed by atoms with Crippen molar-refractivity contribution in [2.24, 2.45) is 0 Å². The van der Waals surface area contributed by atoms with E-state index in [-0.39, 0.29) is 5.56 Å². The molecule has 0 bridgehead atoms. The highest BCUT2D eigenvalue weighted by Crippen LogP contribution is 2.27. The molecule has 1 aromatic carbocycles. The van der Waals surface area contributed by atoms with Gasteiger partial charge in [-0.3, -0.25) is 0 Å². The molecular formula is C10H11ClO4. The Morgan fingerprint density at radius 2 is 2.00 bits per heavy atom. The van der Waals surface area contributed by atoms with Crippen molar-refractivity contribution in [3.8, 4) is 11.5 Å². The molecule has 0 amide bonds. The van der Waals surface area contributed by atoms with Crippen molar-refractivity contribution >= 4 is 17.6 Å². The van der Waals surface area contributed by atoms with Gasteiger partial charge in [0.1, 0.15) is 5.56 Å². The van der Waals surface area contributed by atoms with Crippen molar-refractivity contribution in [2.45, 2.75) is 0 Å². The summed E-state index contributed by atoms with van der Waals surface area (Å²) >= 11 is 5.07. The van der Waals surface area contributed by atoms with E-state index in [1.807, 2.05) is 0 Å². The number of carboxylic acids is 1. The zero-order chi connectivity index (χ0) is 11.8. The minimum Gasteiger partial charge on any atom is -0.504 e. The first-order valence-electron chi connectivity index (χ1n) is 3.95. The molecule has 0 saturated heterocycles. The van der Waals surface area contributed by atoms with Crippen molar-refractivity contribution < 1.29 is 20.1 Å². The number of aromatic carboxylic acids is 1. The first-order chi connectivity index (χ1) is 7.04. The van der Waals surface area contributed by atoms with Crippen LogP contribution in [0.2, 0.25) is 0 Å². The van der Waals surface area contributed by atoms with E-state index in [2.05, 4.69) is 6.58 Å². The molecule has 5 heteroatoms. The zero-order valence-electron chi connectivity index (χ0n) is 7.85. The fraction of sp³-hybridized carbons (Fsp3) is 0.100. The van der Waals surface area contributed by atoms with Gasteiger partial charge in [0.2, 0.25) is 0 Å². The van der Waals surface area contributed by atoms with E-state index < -0.39 is 17.5 Å². The summed E-state index contributed by atoms with van der Waals surface area (Å²) in [7, 11) is 0. The lowest BCUT2D eigenvalue weighted by Crippen LogP contribution is -1.95. The second kappa shape index (κ2) is 6.73. The van der Waals surface area contributed by atoms with Gasteiger partial charge in [0.15, 0.2) is 11.5 Å². The molecular weight excluding hydrogens is 220 g/mol. The summed E-state index contributed by atoms with van der Waals surface area (Å²) in [6.45, 7) is 3.35. The average Bonchev–Trinajstić information content (AvgIpc) is 2.22. The van der Waals surface area contributed by atoms with Crippen LogP contribution < -0.4 is 0 Å². The van der Waals surface area contributed by atoms with E-state index >= 15 is 0 Å². The van der Waals surface area contributed by atoms with Gasteiger partial charge >= 0.3 is 5.97 Å². The van der Waals surface area contributed by atoms with Crippen LogP contribution in [0.15, 0.2) is 30.9 Å². The molecule has 0 radical (unpaired) electrons. The third-order valence-electron chi connectivity index (χ3n) is 1.35. The van der Waals surface area contributed by atoms with E-state index in [1.165, 1.54) is 18.2 Å². The lowest BCUT2D eigenvalue weighted by Gasteiger charge is -1.99. The standard InChI is InChI=1S/C7H6O4.C3H5Cl/c8-5-3-1-2-4(6(5)9)7(10)11;1-2-3-4/h1-3,8-9H,(H,10,11);2H,1,3H2. The molecule has 0 aliphatic heterocycles. The van der Waals surface area contributed by atoms with Gasteiger partial charge in [0.25, 0.3) is 0 Å². The number of phenolic OH excluding ortho intramolecular Hbond substituents is 1. The lowest BCUT2D eigenvalue weighted by molar-refractivity contribution is 0.0693. The number of phenols is 2. The molecule has 3 N–H and O–H groups in total. The number of para-hydroxylation sites is 1. The summed E-state index contributed by atoms with van der Waals surface area (Å²) in [5, 5.41) is 26.2. The lowest BCUT2D eigenvalue weighted by atomic mass is 10.2. The van der Waals surface area contributed by atoms with Gasteiger partial charge < -0.3 is 15.3 Å². The van der Waals surface area contributed by atoms with Gasteiger partial charge in [-0.15, -0.1) is 18.2 Å². The molecule has 4 nitrogen and oxygen atoms in total. The van der Waals surface area contributed by atoms with Crippen LogP contribution >= 0.6 is 11.6 Å². The highest BCUT2D eigenvalue weighted by Gasteiger charge is 2.11. The summed E-state index contributed by atoms with van der Waals surface area (Å²) in [6, 6.07) is 3.76. The Labute approximate surface area is 92.1 Å². The Balaban J connectivity index is 0.000000423. The number of hydrogen-bond acceptors (Lipinski definition) is 3. The molecule has 0 spiro atoms. The SMILES string of the molecule is C=CCCl.O=C(O)c1cccc(O)c1O. The van der Waals surface area contributed by atoms with E-state index in [0.717, 1.165) is 0 Å². The minimum atomic E-state index is -1.27. The number of carbonyl (C=O) groups is 1. The van der Waals surface area contributed by atoms with Crippen LogP contribution in [0.4, 0.5) is 0 Å². The molecule has 0 heterocycles. The predicted molar refractivity (Wildman–Crippen MR) is 57.6 cm³/mol. The first kappa shape index (κ1) is 13.3. The summed E-state index contributed by atoms with van der Waals surface area (Å²) in [6.07, 6.45) is 1.64. The number of allylic oxidation sites excluding steroid dienone is 1. The van der Waals surface area contributed by atoms with E-state index in [4.69, 9.17) is 26.9 Å². The van der Waals surface area contributed by atoms with Crippen LogP contribution in [0.3, 0.4) is 0 Å². The van der Waals surface area contributed by atoms with Crippen LogP contribution in [-0.2, 0) is 0 Å². The van der Waals surface area contributed by atoms with Crippen molar-refractivity contribution in [1.29, 1.82) is 0 Å². The topological polar surface area (TPSA) is 77.8 Å². The van der Waals surface area contributed by atoms with E-state index in [1.54, 1.807) is 6.08 Å². The van der Waals surface area contributed by atoms with E-state index in [0.29, 0.717) is 5.88 Å². The number of rotatable bonds is 2. The van der Waals surface area contributed by atoms with Gasteiger partial charge in [-0.05, 0) is 12.1 Å².